The molecule has 9 nitrogen and oxygen atoms in total. The Bertz CT molecular complexity index is 725. The average molecular weight is 446 g/mol. The lowest BCUT2D eigenvalue weighted by Crippen LogP contribution is -2.28. The van der Waals surface area contributed by atoms with Gasteiger partial charge in [0.1, 0.15) is 0 Å². The van der Waals surface area contributed by atoms with E-state index in [4.69, 9.17) is 9.66 Å². The quantitative estimate of drug-likeness (QED) is 0.135. The molecule has 5 N–H and O–H groups in total. The first kappa shape index (κ1) is 27.7. The highest BCUT2D eigenvalue weighted by atomic mass is 32.2. The van der Waals surface area contributed by atoms with Crippen molar-refractivity contribution in [2.75, 3.05) is 12.3 Å². The highest BCUT2D eigenvalue weighted by Crippen LogP contribution is 2.02. The number of aliphatic carboxylic acids is 1. The van der Waals surface area contributed by atoms with E-state index in [1.165, 1.54) is 0 Å². The lowest BCUT2D eigenvalue weighted by Gasteiger charge is -2.02. The first-order valence-corrected chi connectivity index (χ1v) is 11.2. The minimum Gasteiger partial charge on any atom is -0.481 e. The van der Waals surface area contributed by atoms with Crippen molar-refractivity contribution in [3.05, 3.63) is 48.6 Å². The van der Waals surface area contributed by atoms with Gasteiger partial charge in [0.15, 0.2) is 0 Å². The van der Waals surface area contributed by atoms with E-state index in [9.17, 15) is 28.2 Å². The smallest absolute Gasteiger partial charge is 0.303 e. The molecule has 0 unspecified atom stereocenters. The molecule has 170 valence electrons. The van der Waals surface area contributed by atoms with E-state index in [2.05, 4.69) is 5.32 Å². The van der Waals surface area contributed by atoms with E-state index in [0.29, 0.717) is 25.7 Å². The SMILES string of the molecule is O=C(O)CCC[C@H](O)C=CC=CC=C[C@H](O)CC=CCCC(=O)NCCS(=O)(=O)O. The maximum atomic E-state index is 11.4. The van der Waals surface area contributed by atoms with Gasteiger partial charge in [-0.25, -0.2) is 0 Å². The van der Waals surface area contributed by atoms with Gasteiger partial charge in [-0.05, 0) is 25.7 Å². The Labute approximate surface area is 177 Å². The predicted octanol–water partition coefficient (Wildman–Crippen LogP) is 1.36. The molecule has 30 heavy (non-hydrogen) atoms. The zero-order valence-electron chi connectivity index (χ0n) is 16.8. The summed E-state index contributed by atoms with van der Waals surface area (Å²) in [6, 6.07) is 0. The van der Waals surface area contributed by atoms with Crippen LogP contribution in [0, 0.1) is 0 Å². The second kappa shape index (κ2) is 16.5. The highest BCUT2D eigenvalue weighted by molar-refractivity contribution is 7.85. The van der Waals surface area contributed by atoms with Gasteiger partial charge in [-0.1, -0.05) is 48.6 Å². The molecule has 0 fully saturated rings. The number of nitrogens with one attached hydrogen (secondary N) is 1. The molecule has 0 aromatic carbocycles. The number of hydrogen-bond donors (Lipinski definition) is 5. The minimum atomic E-state index is -4.08. The van der Waals surface area contributed by atoms with Crippen LogP contribution in [0.1, 0.15) is 38.5 Å². The van der Waals surface area contributed by atoms with Gasteiger partial charge >= 0.3 is 5.97 Å². The van der Waals surface area contributed by atoms with Gasteiger partial charge in [-0.3, -0.25) is 14.1 Å². The summed E-state index contributed by atoms with van der Waals surface area (Å²) in [7, 11) is -4.08. The van der Waals surface area contributed by atoms with Gasteiger partial charge in [0.05, 0.1) is 18.0 Å². The maximum Gasteiger partial charge on any atom is 0.303 e. The summed E-state index contributed by atoms with van der Waals surface area (Å²) in [6.45, 7) is -0.142. The molecule has 0 saturated heterocycles. The van der Waals surface area contributed by atoms with Crippen LogP contribution < -0.4 is 5.32 Å². The number of carbonyl (C=O) groups is 2. The van der Waals surface area contributed by atoms with Crippen LogP contribution in [0.4, 0.5) is 0 Å². The number of amides is 1. The monoisotopic (exact) mass is 445 g/mol. The van der Waals surface area contributed by atoms with E-state index in [1.54, 1.807) is 48.6 Å². The summed E-state index contributed by atoms with van der Waals surface area (Å²) < 4.78 is 29.6. The molecule has 10 heteroatoms. The summed E-state index contributed by atoms with van der Waals surface area (Å²) in [4.78, 5) is 21.8. The summed E-state index contributed by atoms with van der Waals surface area (Å²) in [5.74, 6) is -1.73. The zero-order valence-corrected chi connectivity index (χ0v) is 17.6. The molecule has 0 heterocycles. The van der Waals surface area contributed by atoms with E-state index < -0.39 is 34.0 Å². The average Bonchev–Trinajstić information content (AvgIpc) is 2.62. The molecule has 0 aromatic heterocycles. The predicted molar refractivity (Wildman–Crippen MR) is 113 cm³/mol. The Morgan fingerprint density at radius 2 is 1.57 bits per heavy atom. The van der Waals surface area contributed by atoms with Crippen molar-refractivity contribution in [3.63, 3.8) is 0 Å². The third-order valence-electron chi connectivity index (χ3n) is 3.65. The number of aliphatic hydroxyl groups excluding tert-OH is 2. The summed E-state index contributed by atoms with van der Waals surface area (Å²) in [5, 5.41) is 30.3. The third kappa shape index (κ3) is 20.5. The second-order valence-electron chi connectivity index (χ2n) is 6.46. The number of allylic oxidation sites excluding steroid dienone is 5. The maximum absolute atomic E-state index is 11.4. The number of carbonyl (C=O) groups excluding carboxylic acids is 1. The molecule has 0 rings (SSSR count). The van der Waals surface area contributed by atoms with Crippen LogP contribution in [0.2, 0.25) is 0 Å². The molecule has 0 aliphatic rings. The molecular weight excluding hydrogens is 414 g/mol. The summed E-state index contributed by atoms with van der Waals surface area (Å²) in [6.07, 6.45) is 13.7. The fourth-order valence-electron chi connectivity index (χ4n) is 2.13. The Morgan fingerprint density at radius 1 is 0.933 bits per heavy atom. The van der Waals surface area contributed by atoms with Crippen LogP contribution in [-0.4, -0.2) is 64.7 Å². The van der Waals surface area contributed by atoms with Crippen molar-refractivity contribution in [3.8, 4) is 0 Å². The lowest BCUT2D eigenvalue weighted by atomic mass is 10.1. The van der Waals surface area contributed by atoms with Crippen LogP contribution >= 0.6 is 0 Å². The topological polar surface area (TPSA) is 161 Å². The normalized spacial score (nSPS) is 14.8. The van der Waals surface area contributed by atoms with Gasteiger partial charge in [0.2, 0.25) is 5.91 Å². The van der Waals surface area contributed by atoms with E-state index in [1.807, 2.05) is 0 Å². The standard InChI is InChI=1S/C20H31NO8S/c22-17(9-4-1-2-5-10-18(23)12-8-14-20(25)26)11-6-3-7-13-19(24)21-15-16-30(27,28)29/h1-6,9-10,17-18,22-23H,7-8,11-16H2,(H,21,24)(H,25,26)(H,27,28,29)/t17-,18+/m0/s1. The Balaban J connectivity index is 3.91. The molecule has 0 aliphatic heterocycles. The molecule has 0 aromatic rings. The Kier molecular flexibility index (Phi) is 15.3. The molecule has 0 spiro atoms. The zero-order chi connectivity index (χ0) is 22.8. The van der Waals surface area contributed by atoms with Crippen molar-refractivity contribution in [1.82, 2.24) is 5.32 Å². The molecule has 2 atom stereocenters. The van der Waals surface area contributed by atoms with Crippen molar-refractivity contribution >= 4 is 22.0 Å². The highest BCUT2D eigenvalue weighted by Gasteiger charge is 2.05. The molecule has 0 bridgehead atoms. The Hall–Kier alpha value is -2.27. The van der Waals surface area contributed by atoms with E-state index >= 15 is 0 Å². The first-order chi connectivity index (χ1) is 14.1. The van der Waals surface area contributed by atoms with Crippen LogP contribution in [-0.2, 0) is 19.7 Å². The van der Waals surface area contributed by atoms with E-state index in [0.717, 1.165) is 0 Å². The molecule has 0 saturated carbocycles. The van der Waals surface area contributed by atoms with Crippen LogP contribution in [0.25, 0.3) is 0 Å². The molecule has 0 aliphatic carbocycles. The van der Waals surface area contributed by atoms with Crippen molar-refractivity contribution < 1.29 is 37.9 Å². The number of carboxylic acid groups (broad SMARTS) is 1. The van der Waals surface area contributed by atoms with Crippen LogP contribution in [0.3, 0.4) is 0 Å². The number of carboxylic acids is 1. The summed E-state index contributed by atoms with van der Waals surface area (Å²) in [5.41, 5.74) is 0. The van der Waals surface area contributed by atoms with Gasteiger partial charge in [-0.2, -0.15) is 8.42 Å². The fraction of sp³-hybridized carbons (Fsp3) is 0.500. The number of hydrogen-bond acceptors (Lipinski definition) is 6. The van der Waals surface area contributed by atoms with Crippen molar-refractivity contribution in [2.45, 2.75) is 50.7 Å². The first-order valence-electron chi connectivity index (χ1n) is 9.56. The van der Waals surface area contributed by atoms with Gasteiger partial charge in [-0.15, -0.1) is 0 Å². The molecule has 0 radical (unpaired) electrons. The number of rotatable bonds is 16. The van der Waals surface area contributed by atoms with Gasteiger partial charge in [0, 0.05) is 19.4 Å². The van der Waals surface area contributed by atoms with Gasteiger partial charge in [0.25, 0.3) is 10.1 Å². The molecular formula is C20H31NO8S. The van der Waals surface area contributed by atoms with Gasteiger partial charge < -0.3 is 20.6 Å². The van der Waals surface area contributed by atoms with Crippen molar-refractivity contribution in [2.24, 2.45) is 0 Å². The molecule has 1 amide bonds. The lowest BCUT2D eigenvalue weighted by molar-refractivity contribution is -0.137. The number of aliphatic hydroxyl groups is 2. The van der Waals surface area contributed by atoms with E-state index in [-0.39, 0.29) is 25.3 Å². The largest absolute Gasteiger partial charge is 0.481 e. The summed E-state index contributed by atoms with van der Waals surface area (Å²) >= 11 is 0. The fourth-order valence-corrected chi connectivity index (χ4v) is 2.49. The Morgan fingerprint density at radius 3 is 2.17 bits per heavy atom. The van der Waals surface area contributed by atoms with Crippen LogP contribution in [0.5, 0.6) is 0 Å². The van der Waals surface area contributed by atoms with Crippen molar-refractivity contribution in [1.29, 1.82) is 0 Å². The third-order valence-corrected chi connectivity index (χ3v) is 4.37. The second-order valence-corrected chi connectivity index (χ2v) is 8.03. The van der Waals surface area contributed by atoms with Crippen LogP contribution in [0.15, 0.2) is 48.6 Å². The minimum absolute atomic E-state index is 0.0278.